The van der Waals surface area contributed by atoms with Crippen molar-refractivity contribution in [3.8, 4) is 0 Å². The zero-order chi connectivity index (χ0) is 10.9. The van der Waals surface area contributed by atoms with Crippen LogP contribution in [0.25, 0.3) is 0 Å². The van der Waals surface area contributed by atoms with Crippen LogP contribution in [0.1, 0.15) is 33.5 Å². The summed E-state index contributed by atoms with van der Waals surface area (Å²) in [5.74, 6) is 0.763. The molecule has 0 saturated carbocycles. The van der Waals surface area contributed by atoms with Gasteiger partial charge in [0.05, 0.1) is 6.10 Å². The first-order valence-corrected chi connectivity index (χ1v) is 5.05. The van der Waals surface area contributed by atoms with Gasteiger partial charge in [0, 0.05) is 7.05 Å². The summed E-state index contributed by atoms with van der Waals surface area (Å²) in [5.41, 5.74) is -0.428. The molecule has 0 aromatic carbocycles. The highest BCUT2D eigenvalue weighted by Gasteiger charge is 2.26. The third-order valence-corrected chi connectivity index (χ3v) is 2.23. The van der Waals surface area contributed by atoms with Crippen LogP contribution in [-0.2, 0) is 17.4 Å². The van der Waals surface area contributed by atoms with Crippen molar-refractivity contribution in [2.75, 3.05) is 0 Å². The Morgan fingerprint density at radius 2 is 2.07 bits per heavy atom. The first-order valence-electron chi connectivity index (χ1n) is 4.64. The predicted molar refractivity (Wildman–Crippen MR) is 57.6 cm³/mol. The first-order chi connectivity index (χ1) is 6.33. The number of hydrogen-bond acceptors (Lipinski definition) is 3. The number of aromatic nitrogens is 3. The summed E-state index contributed by atoms with van der Waals surface area (Å²) in [4.78, 5) is 4.23. The van der Waals surface area contributed by atoms with Gasteiger partial charge in [0.1, 0.15) is 5.60 Å². The van der Waals surface area contributed by atoms with E-state index in [0.29, 0.717) is 4.77 Å². The van der Waals surface area contributed by atoms with Crippen LogP contribution >= 0.6 is 12.2 Å². The monoisotopic (exact) mass is 215 g/mol. The van der Waals surface area contributed by atoms with Crippen LogP contribution in [0.4, 0.5) is 0 Å². The van der Waals surface area contributed by atoms with E-state index in [2.05, 4.69) is 10.1 Å². The van der Waals surface area contributed by atoms with E-state index in [1.807, 2.05) is 34.7 Å². The van der Waals surface area contributed by atoms with Crippen LogP contribution in [-0.4, -0.2) is 20.9 Å². The quantitative estimate of drug-likeness (QED) is 0.785. The predicted octanol–water partition coefficient (Wildman–Crippen LogP) is 2.14. The van der Waals surface area contributed by atoms with Gasteiger partial charge in [-0.15, -0.1) is 0 Å². The Bertz CT molecular complexity index is 364. The van der Waals surface area contributed by atoms with E-state index in [1.165, 1.54) is 0 Å². The van der Waals surface area contributed by atoms with Crippen molar-refractivity contribution >= 4 is 12.2 Å². The van der Waals surface area contributed by atoms with Crippen LogP contribution in [0.3, 0.4) is 0 Å². The van der Waals surface area contributed by atoms with E-state index in [9.17, 15) is 0 Å². The molecule has 0 fully saturated rings. The average molecular weight is 215 g/mol. The maximum atomic E-state index is 5.74. The van der Waals surface area contributed by atoms with Crippen LogP contribution in [0.2, 0.25) is 0 Å². The molecule has 4 nitrogen and oxygen atoms in total. The van der Waals surface area contributed by atoms with Crippen molar-refractivity contribution in [1.29, 1.82) is 0 Å². The Balaban J connectivity index is 2.97. The molecular weight excluding hydrogens is 198 g/mol. The molecule has 1 heterocycles. The topological polar surface area (TPSA) is 42.8 Å². The Kier molecular flexibility index (Phi) is 3.11. The van der Waals surface area contributed by atoms with Gasteiger partial charge < -0.3 is 4.74 Å². The first kappa shape index (κ1) is 11.4. The molecule has 80 valence electrons. The highest BCUT2D eigenvalue weighted by atomic mass is 32.1. The van der Waals surface area contributed by atoms with Crippen molar-refractivity contribution < 1.29 is 4.74 Å². The molecule has 14 heavy (non-hydrogen) atoms. The van der Waals surface area contributed by atoms with Gasteiger partial charge >= 0.3 is 0 Å². The largest absolute Gasteiger partial charge is 0.365 e. The SMILES string of the molecule is CC(C)OC(C)(C)c1nc(=S)n(C)[nH]1. The number of hydrogen-bond donors (Lipinski definition) is 1. The summed E-state index contributed by atoms with van der Waals surface area (Å²) in [6, 6.07) is 0. The van der Waals surface area contributed by atoms with Crippen molar-refractivity contribution in [3.05, 3.63) is 10.6 Å². The number of H-pyrrole nitrogens is 1. The summed E-state index contributed by atoms with van der Waals surface area (Å²) in [6.45, 7) is 7.94. The molecule has 0 saturated heterocycles. The Hall–Kier alpha value is -0.680. The van der Waals surface area contributed by atoms with Crippen LogP contribution in [0.5, 0.6) is 0 Å². The summed E-state index contributed by atoms with van der Waals surface area (Å²) in [6.07, 6.45) is 0.161. The van der Waals surface area contributed by atoms with Crippen molar-refractivity contribution in [2.24, 2.45) is 7.05 Å². The zero-order valence-corrected chi connectivity index (χ0v) is 10.1. The molecule has 1 aromatic heterocycles. The molecular formula is C9H17N3OS. The molecule has 0 aliphatic heterocycles. The summed E-state index contributed by atoms with van der Waals surface area (Å²) in [5, 5.41) is 3.07. The lowest BCUT2D eigenvalue weighted by Crippen LogP contribution is -2.27. The lowest BCUT2D eigenvalue weighted by atomic mass is 10.1. The van der Waals surface area contributed by atoms with Gasteiger partial charge in [0.25, 0.3) is 0 Å². The minimum Gasteiger partial charge on any atom is -0.365 e. The number of ether oxygens (including phenoxy) is 1. The van der Waals surface area contributed by atoms with E-state index >= 15 is 0 Å². The maximum Gasteiger partial charge on any atom is 0.215 e. The van der Waals surface area contributed by atoms with E-state index in [0.717, 1.165) is 5.82 Å². The molecule has 0 amide bonds. The Morgan fingerprint density at radius 1 is 1.50 bits per heavy atom. The standard InChI is InChI=1S/C9H17N3OS/c1-6(2)13-9(3,4)7-10-8(14)12(5)11-7/h6H,1-5H3,(H,10,11,14). The van der Waals surface area contributed by atoms with Gasteiger partial charge in [0.2, 0.25) is 4.77 Å². The van der Waals surface area contributed by atoms with Gasteiger partial charge in [-0.05, 0) is 39.9 Å². The molecule has 5 heteroatoms. The highest BCUT2D eigenvalue weighted by Crippen LogP contribution is 2.22. The second-order valence-corrected chi connectivity index (χ2v) is 4.46. The third kappa shape index (κ3) is 2.42. The Morgan fingerprint density at radius 3 is 2.43 bits per heavy atom. The summed E-state index contributed by atoms with van der Waals surface area (Å²) in [7, 11) is 1.84. The normalized spacial score (nSPS) is 12.4. The minimum atomic E-state index is -0.428. The lowest BCUT2D eigenvalue weighted by molar-refractivity contribution is -0.0656. The van der Waals surface area contributed by atoms with Gasteiger partial charge in [-0.1, -0.05) is 0 Å². The minimum absolute atomic E-state index is 0.161. The number of nitrogens with one attached hydrogen (secondary N) is 1. The third-order valence-electron chi connectivity index (χ3n) is 1.87. The summed E-state index contributed by atoms with van der Waals surface area (Å²) >= 11 is 5.02. The van der Waals surface area contributed by atoms with Gasteiger partial charge in [-0.25, -0.2) is 4.98 Å². The average Bonchev–Trinajstić information content (AvgIpc) is 2.30. The molecule has 1 aromatic rings. The van der Waals surface area contributed by atoms with Crippen LogP contribution in [0.15, 0.2) is 0 Å². The van der Waals surface area contributed by atoms with Gasteiger partial charge in [0.15, 0.2) is 5.82 Å². The molecule has 1 N–H and O–H groups in total. The highest BCUT2D eigenvalue weighted by molar-refractivity contribution is 7.71. The smallest absolute Gasteiger partial charge is 0.215 e. The number of aryl methyl sites for hydroxylation is 1. The molecule has 0 aliphatic carbocycles. The number of rotatable bonds is 3. The van der Waals surface area contributed by atoms with E-state index in [1.54, 1.807) is 4.68 Å². The fraction of sp³-hybridized carbons (Fsp3) is 0.778. The maximum absolute atomic E-state index is 5.74. The molecule has 0 aliphatic rings. The van der Waals surface area contributed by atoms with E-state index in [-0.39, 0.29) is 6.10 Å². The lowest BCUT2D eigenvalue weighted by Gasteiger charge is -2.25. The molecule has 0 spiro atoms. The van der Waals surface area contributed by atoms with Crippen molar-refractivity contribution in [3.63, 3.8) is 0 Å². The fourth-order valence-electron chi connectivity index (χ4n) is 1.32. The van der Waals surface area contributed by atoms with Gasteiger partial charge in [-0.2, -0.15) is 0 Å². The number of aromatic amines is 1. The second-order valence-electron chi connectivity index (χ2n) is 4.09. The molecule has 0 radical (unpaired) electrons. The number of nitrogens with zero attached hydrogens (tertiary/aromatic N) is 2. The molecule has 0 atom stereocenters. The van der Waals surface area contributed by atoms with Crippen LogP contribution < -0.4 is 0 Å². The fourth-order valence-corrected chi connectivity index (χ4v) is 1.45. The van der Waals surface area contributed by atoms with Crippen molar-refractivity contribution in [1.82, 2.24) is 14.8 Å². The zero-order valence-electron chi connectivity index (χ0n) is 9.29. The van der Waals surface area contributed by atoms with Gasteiger partial charge in [-0.3, -0.25) is 9.78 Å². The Labute approximate surface area is 89.3 Å². The van der Waals surface area contributed by atoms with E-state index < -0.39 is 5.60 Å². The molecule has 0 bridgehead atoms. The van der Waals surface area contributed by atoms with E-state index in [4.69, 9.17) is 17.0 Å². The summed E-state index contributed by atoms with van der Waals surface area (Å²) < 4.78 is 7.99. The molecule has 0 unspecified atom stereocenters. The molecule has 1 rings (SSSR count). The second kappa shape index (κ2) is 3.82. The van der Waals surface area contributed by atoms with Crippen molar-refractivity contribution in [2.45, 2.75) is 39.4 Å². The van der Waals surface area contributed by atoms with Crippen LogP contribution in [0, 0.1) is 4.77 Å².